The highest BCUT2D eigenvalue weighted by Gasteiger charge is 2.14. The van der Waals surface area contributed by atoms with Crippen LogP contribution in [0.2, 0.25) is 0 Å². The summed E-state index contributed by atoms with van der Waals surface area (Å²) in [5.41, 5.74) is 0.291. The molecule has 0 saturated heterocycles. The number of nitrogens with one attached hydrogen (secondary N) is 1. The number of hydrogen-bond acceptors (Lipinski definition) is 6. The number of aromatic nitrogens is 2. The van der Waals surface area contributed by atoms with Gasteiger partial charge < -0.3 is 10.4 Å². The summed E-state index contributed by atoms with van der Waals surface area (Å²) in [6.07, 6.45) is 1.51. The van der Waals surface area contributed by atoms with Gasteiger partial charge >= 0.3 is 0 Å². The maximum Gasteiger partial charge on any atom is 0.247 e. The van der Waals surface area contributed by atoms with Crippen molar-refractivity contribution in [3.05, 3.63) is 18.0 Å². The molecule has 1 atom stereocenters. The minimum Gasteiger partial charge on any atom is -0.385 e. The van der Waals surface area contributed by atoms with Crippen molar-refractivity contribution in [2.45, 2.75) is 11.3 Å². The van der Waals surface area contributed by atoms with Crippen LogP contribution < -0.4 is 5.32 Å². The van der Waals surface area contributed by atoms with Gasteiger partial charge in [0.2, 0.25) is 15.0 Å². The molecule has 0 spiro atoms. The van der Waals surface area contributed by atoms with Crippen LogP contribution in [0, 0.1) is 0 Å². The summed E-state index contributed by atoms with van der Waals surface area (Å²) in [5.74, 6) is 0. The Kier molecular flexibility index (Phi) is 3.72. The van der Waals surface area contributed by atoms with E-state index in [1.165, 1.54) is 12.3 Å². The summed E-state index contributed by atoms with van der Waals surface area (Å²) in [5, 5.41) is 12.1. The SMILES string of the molecule is CNCC(O)c1ccnc(S(C)(=O)=O)n1. The van der Waals surface area contributed by atoms with Crippen molar-refractivity contribution in [3.63, 3.8) is 0 Å². The first-order valence-corrected chi connectivity index (χ1v) is 6.20. The second-order valence-corrected chi connectivity index (χ2v) is 5.02. The van der Waals surface area contributed by atoms with E-state index in [1.807, 2.05) is 0 Å². The Labute approximate surface area is 88.3 Å². The molecule has 7 heteroatoms. The zero-order chi connectivity index (χ0) is 11.5. The first-order valence-electron chi connectivity index (χ1n) is 4.31. The molecule has 0 aliphatic heterocycles. The number of rotatable bonds is 4. The second kappa shape index (κ2) is 4.65. The molecule has 2 N–H and O–H groups in total. The normalized spacial score (nSPS) is 13.8. The molecule has 0 fully saturated rings. The highest BCUT2D eigenvalue weighted by atomic mass is 32.2. The lowest BCUT2D eigenvalue weighted by Gasteiger charge is -2.09. The molecule has 0 radical (unpaired) electrons. The third kappa shape index (κ3) is 3.22. The van der Waals surface area contributed by atoms with Crippen LogP contribution in [0.15, 0.2) is 17.4 Å². The van der Waals surface area contributed by atoms with E-state index in [4.69, 9.17) is 0 Å². The number of nitrogens with zero attached hydrogens (tertiary/aromatic N) is 2. The van der Waals surface area contributed by atoms with Crippen LogP contribution in [-0.4, -0.2) is 43.3 Å². The zero-order valence-electron chi connectivity index (χ0n) is 8.51. The molecule has 84 valence electrons. The van der Waals surface area contributed by atoms with Crippen molar-refractivity contribution in [2.75, 3.05) is 19.8 Å². The maximum atomic E-state index is 11.1. The van der Waals surface area contributed by atoms with Gasteiger partial charge in [0, 0.05) is 19.0 Å². The fourth-order valence-corrected chi connectivity index (χ4v) is 1.54. The van der Waals surface area contributed by atoms with Crippen LogP contribution in [0.3, 0.4) is 0 Å². The fourth-order valence-electron chi connectivity index (χ4n) is 1.02. The number of aliphatic hydroxyl groups is 1. The van der Waals surface area contributed by atoms with Crippen LogP contribution in [0.25, 0.3) is 0 Å². The van der Waals surface area contributed by atoms with E-state index in [1.54, 1.807) is 7.05 Å². The Bertz CT molecular complexity index is 433. The first kappa shape index (κ1) is 12.0. The van der Waals surface area contributed by atoms with Gasteiger partial charge in [-0.25, -0.2) is 18.4 Å². The summed E-state index contributed by atoms with van der Waals surface area (Å²) >= 11 is 0. The number of aliphatic hydroxyl groups excluding tert-OH is 1. The number of hydrogen-bond donors (Lipinski definition) is 2. The van der Waals surface area contributed by atoms with Crippen LogP contribution in [0.5, 0.6) is 0 Å². The van der Waals surface area contributed by atoms with Gasteiger partial charge in [0.05, 0.1) is 5.69 Å². The molecule has 1 heterocycles. The highest BCUT2D eigenvalue weighted by molar-refractivity contribution is 7.90. The molecule has 1 aromatic heterocycles. The summed E-state index contributed by atoms with van der Waals surface area (Å²) < 4.78 is 22.3. The molecular formula is C8H13N3O3S. The number of likely N-dealkylation sites (N-methyl/N-ethyl adjacent to an activating group) is 1. The van der Waals surface area contributed by atoms with E-state index in [-0.39, 0.29) is 5.16 Å². The Balaban J connectivity index is 3.03. The van der Waals surface area contributed by atoms with Crippen molar-refractivity contribution < 1.29 is 13.5 Å². The Morgan fingerprint density at radius 2 is 2.27 bits per heavy atom. The summed E-state index contributed by atoms with van der Waals surface area (Å²) in [4.78, 5) is 7.40. The predicted octanol–water partition coefficient (Wildman–Crippen LogP) is -0.867. The average Bonchev–Trinajstić information content (AvgIpc) is 2.17. The van der Waals surface area contributed by atoms with Crippen molar-refractivity contribution in [2.24, 2.45) is 0 Å². The fraction of sp³-hybridized carbons (Fsp3) is 0.500. The Morgan fingerprint density at radius 1 is 1.60 bits per heavy atom. The predicted molar refractivity (Wildman–Crippen MR) is 54.0 cm³/mol. The van der Waals surface area contributed by atoms with E-state index < -0.39 is 15.9 Å². The third-order valence-electron chi connectivity index (χ3n) is 1.73. The summed E-state index contributed by atoms with van der Waals surface area (Å²) in [6, 6.07) is 1.48. The molecule has 0 aliphatic carbocycles. The van der Waals surface area contributed by atoms with Gasteiger partial charge in [-0.3, -0.25) is 0 Å². The van der Waals surface area contributed by atoms with Gasteiger partial charge in [-0.15, -0.1) is 0 Å². The molecule has 0 saturated carbocycles. The van der Waals surface area contributed by atoms with Crippen molar-refractivity contribution in [1.29, 1.82) is 0 Å². The molecule has 1 rings (SSSR count). The molecule has 0 aromatic carbocycles. The topological polar surface area (TPSA) is 92.2 Å². The molecule has 0 amide bonds. The highest BCUT2D eigenvalue weighted by Crippen LogP contribution is 2.10. The Hall–Kier alpha value is -1.05. The molecule has 0 bridgehead atoms. The smallest absolute Gasteiger partial charge is 0.247 e. The van der Waals surface area contributed by atoms with Gasteiger partial charge in [0.1, 0.15) is 6.10 Å². The van der Waals surface area contributed by atoms with Gasteiger partial charge in [-0.05, 0) is 13.1 Å². The Morgan fingerprint density at radius 3 is 2.80 bits per heavy atom. The van der Waals surface area contributed by atoms with Crippen molar-refractivity contribution >= 4 is 9.84 Å². The van der Waals surface area contributed by atoms with Gasteiger partial charge in [-0.2, -0.15) is 0 Å². The molecule has 0 aliphatic rings. The lowest BCUT2D eigenvalue weighted by atomic mass is 10.2. The van der Waals surface area contributed by atoms with Crippen molar-refractivity contribution in [1.82, 2.24) is 15.3 Å². The zero-order valence-corrected chi connectivity index (χ0v) is 9.32. The monoisotopic (exact) mass is 231 g/mol. The maximum absolute atomic E-state index is 11.1. The lowest BCUT2D eigenvalue weighted by Crippen LogP contribution is -2.18. The quantitative estimate of drug-likeness (QED) is 0.655. The van der Waals surface area contributed by atoms with Crippen LogP contribution >= 0.6 is 0 Å². The van der Waals surface area contributed by atoms with Gasteiger partial charge in [0.15, 0.2) is 0 Å². The summed E-state index contributed by atoms with van der Waals surface area (Å²) in [7, 11) is -1.75. The van der Waals surface area contributed by atoms with Crippen molar-refractivity contribution in [3.8, 4) is 0 Å². The third-order valence-corrected chi connectivity index (χ3v) is 2.59. The molecular weight excluding hydrogens is 218 g/mol. The standard InChI is InChI=1S/C8H13N3O3S/c1-9-5-7(12)6-3-4-10-8(11-6)15(2,13)14/h3-4,7,9,12H,5H2,1-2H3. The molecule has 15 heavy (non-hydrogen) atoms. The minimum absolute atomic E-state index is 0.268. The van der Waals surface area contributed by atoms with Crippen LogP contribution in [0.1, 0.15) is 11.8 Å². The van der Waals surface area contributed by atoms with E-state index in [0.29, 0.717) is 12.2 Å². The van der Waals surface area contributed by atoms with E-state index >= 15 is 0 Å². The van der Waals surface area contributed by atoms with E-state index in [9.17, 15) is 13.5 Å². The van der Waals surface area contributed by atoms with Gasteiger partial charge in [0.25, 0.3) is 0 Å². The van der Waals surface area contributed by atoms with Gasteiger partial charge in [-0.1, -0.05) is 0 Å². The molecule has 1 aromatic rings. The van der Waals surface area contributed by atoms with E-state index in [2.05, 4.69) is 15.3 Å². The van der Waals surface area contributed by atoms with Crippen LogP contribution in [0.4, 0.5) is 0 Å². The summed E-state index contributed by atoms with van der Waals surface area (Å²) in [6.45, 7) is 0.306. The lowest BCUT2D eigenvalue weighted by molar-refractivity contribution is 0.172. The average molecular weight is 231 g/mol. The molecule has 6 nitrogen and oxygen atoms in total. The van der Waals surface area contributed by atoms with E-state index in [0.717, 1.165) is 6.26 Å². The molecule has 1 unspecified atom stereocenters. The number of sulfone groups is 1. The minimum atomic E-state index is -3.43. The van der Waals surface area contributed by atoms with Crippen LogP contribution in [-0.2, 0) is 9.84 Å². The largest absolute Gasteiger partial charge is 0.385 e. The first-order chi connectivity index (χ1) is 6.95. The second-order valence-electron chi connectivity index (χ2n) is 3.11.